The maximum absolute atomic E-state index is 12.8. The Morgan fingerprint density at radius 2 is 1.84 bits per heavy atom. The minimum atomic E-state index is -3.17. The van der Waals surface area contributed by atoms with Crippen LogP contribution < -0.4 is 5.32 Å². The van der Waals surface area contributed by atoms with Crippen LogP contribution >= 0.6 is 11.6 Å². The molecule has 0 aliphatic carbocycles. The second-order valence-corrected chi connectivity index (χ2v) is 11.4. The third-order valence-electron chi connectivity index (χ3n) is 5.19. The normalized spacial score (nSPS) is 18.4. The molecule has 0 radical (unpaired) electrons. The van der Waals surface area contributed by atoms with Gasteiger partial charge in [-0.1, -0.05) is 51.4 Å². The first-order chi connectivity index (χ1) is 14.9. The van der Waals surface area contributed by atoms with Crippen LogP contribution in [-0.2, 0) is 24.2 Å². The van der Waals surface area contributed by atoms with Crippen LogP contribution in [0.25, 0.3) is 0 Å². The highest BCUT2D eigenvalue weighted by molar-refractivity contribution is 7.91. The first-order valence-electron chi connectivity index (χ1n) is 10.6. The topological polar surface area (TPSA) is 110 Å². The average Bonchev–Trinajstić information content (AvgIpc) is 3.07. The van der Waals surface area contributed by atoms with Gasteiger partial charge >= 0.3 is 5.97 Å². The Labute approximate surface area is 194 Å². The van der Waals surface area contributed by atoms with E-state index in [0.717, 1.165) is 0 Å². The molecule has 0 bridgehead atoms. The molecule has 8 nitrogen and oxygen atoms in total. The number of ether oxygens (including phenoxy) is 1. The quantitative estimate of drug-likeness (QED) is 0.536. The van der Waals surface area contributed by atoms with Crippen molar-refractivity contribution in [3.8, 4) is 0 Å². The number of hydrogen-bond acceptors (Lipinski definition) is 6. The van der Waals surface area contributed by atoms with Crippen molar-refractivity contribution in [1.82, 2.24) is 10.2 Å². The van der Waals surface area contributed by atoms with Gasteiger partial charge in [0.2, 0.25) is 0 Å². The van der Waals surface area contributed by atoms with Crippen molar-refractivity contribution in [2.24, 2.45) is 11.8 Å². The van der Waals surface area contributed by atoms with Crippen molar-refractivity contribution in [2.45, 2.75) is 46.2 Å². The molecule has 1 aliphatic heterocycles. The highest BCUT2D eigenvalue weighted by atomic mass is 35.5. The molecule has 32 heavy (non-hydrogen) atoms. The number of amides is 2. The number of halogens is 1. The highest BCUT2D eigenvalue weighted by Crippen LogP contribution is 2.20. The van der Waals surface area contributed by atoms with Crippen molar-refractivity contribution in [3.05, 3.63) is 34.9 Å². The van der Waals surface area contributed by atoms with E-state index in [-0.39, 0.29) is 33.9 Å². The maximum atomic E-state index is 12.8. The van der Waals surface area contributed by atoms with E-state index < -0.39 is 46.3 Å². The van der Waals surface area contributed by atoms with Crippen molar-refractivity contribution in [3.63, 3.8) is 0 Å². The molecule has 1 N–H and O–H groups in total. The number of nitrogens with zero attached hydrogens (tertiary/aromatic N) is 1. The zero-order valence-electron chi connectivity index (χ0n) is 18.8. The van der Waals surface area contributed by atoms with Crippen molar-refractivity contribution < 1.29 is 27.5 Å². The number of nitrogens with one attached hydrogen (secondary N) is 1. The molecule has 1 aliphatic rings. The smallest absolute Gasteiger partial charge is 0.329 e. The van der Waals surface area contributed by atoms with E-state index in [9.17, 15) is 22.8 Å². The lowest BCUT2D eigenvalue weighted by Crippen LogP contribution is -2.48. The molecule has 0 saturated carbocycles. The summed E-state index contributed by atoms with van der Waals surface area (Å²) in [5.74, 6) is -1.92. The van der Waals surface area contributed by atoms with Gasteiger partial charge in [0.25, 0.3) is 11.8 Å². The van der Waals surface area contributed by atoms with Gasteiger partial charge in [-0.2, -0.15) is 0 Å². The Kier molecular flexibility index (Phi) is 9.09. The lowest BCUT2D eigenvalue weighted by atomic mass is 10.0. The van der Waals surface area contributed by atoms with E-state index >= 15 is 0 Å². The minimum absolute atomic E-state index is 0.0445. The van der Waals surface area contributed by atoms with Gasteiger partial charge in [-0.3, -0.25) is 9.59 Å². The number of carbonyl (C=O) groups excluding carboxylic acids is 3. The van der Waals surface area contributed by atoms with Crippen LogP contribution in [0.15, 0.2) is 24.3 Å². The van der Waals surface area contributed by atoms with Crippen LogP contribution in [0.3, 0.4) is 0 Å². The lowest BCUT2D eigenvalue weighted by molar-refractivity contribution is -0.155. The minimum Gasteiger partial charge on any atom is -0.454 e. The van der Waals surface area contributed by atoms with Crippen molar-refractivity contribution >= 4 is 39.2 Å². The third kappa shape index (κ3) is 7.20. The fraction of sp³-hybridized carbons (Fsp3) is 0.591. The monoisotopic (exact) mass is 486 g/mol. The second-order valence-electron chi connectivity index (χ2n) is 8.78. The zero-order chi connectivity index (χ0) is 24.1. The van der Waals surface area contributed by atoms with Gasteiger partial charge in [0.05, 0.1) is 22.1 Å². The van der Waals surface area contributed by atoms with E-state index in [2.05, 4.69) is 5.32 Å². The summed E-state index contributed by atoms with van der Waals surface area (Å²) in [4.78, 5) is 39.5. The lowest BCUT2D eigenvalue weighted by Gasteiger charge is -2.30. The van der Waals surface area contributed by atoms with Gasteiger partial charge in [0, 0.05) is 12.6 Å². The van der Waals surface area contributed by atoms with Crippen LogP contribution in [0.2, 0.25) is 5.02 Å². The van der Waals surface area contributed by atoms with Gasteiger partial charge in [-0.15, -0.1) is 0 Å². The van der Waals surface area contributed by atoms with Crippen LogP contribution in [0.1, 0.15) is 44.5 Å². The van der Waals surface area contributed by atoms with E-state index in [1.54, 1.807) is 38.1 Å². The molecule has 1 fully saturated rings. The van der Waals surface area contributed by atoms with Gasteiger partial charge in [-0.25, -0.2) is 13.2 Å². The number of carbonyl (C=O) groups is 3. The molecule has 0 aromatic heterocycles. The fourth-order valence-electron chi connectivity index (χ4n) is 3.54. The number of rotatable bonds is 9. The Bertz CT molecular complexity index is 947. The molecule has 2 unspecified atom stereocenters. The molecule has 1 aromatic rings. The van der Waals surface area contributed by atoms with Gasteiger partial charge in [-0.05, 0) is 30.4 Å². The van der Waals surface area contributed by atoms with Crippen LogP contribution in [0.5, 0.6) is 0 Å². The van der Waals surface area contributed by atoms with Gasteiger partial charge in [0.1, 0.15) is 6.04 Å². The summed E-state index contributed by atoms with van der Waals surface area (Å²) in [6.45, 7) is 7.19. The SMILES string of the molecule is CC(C)CN(C(=O)COC(=O)C(NC(=O)c1ccccc1Cl)C(C)C)C1CCS(=O)(=O)C1. The molecule has 1 aromatic carbocycles. The molecule has 1 heterocycles. The van der Waals surface area contributed by atoms with Crippen LogP contribution in [0, 0.1) is 11.8 Å². The van der Waals surface area contributed by atoms with E-state index in [4.69, 9.17) is 16.3 Å². The summed E-state index contributed by atoms with van der Waals surface area (Å²) in [6, 6.07) is 5.08. The van der Waals surface area contributed by atoms with Crippen molar-refractivity contribution in [2.75, 3.05) is 24.7 Å². The molecule has 2 amide bonds. The summed E-state index contributed by atoms with van der Waals surface area (Å²) < 4.78 is 29.0. The predicted octanol–water partition coefficient (Wildman–Crippen LogP) is 2.31. The summed E-state index contributed by atoms with van der Waals surface area (Å²) in [5.41, 5.74) is 0.231. The summed E-state index contributed by atoms with van der Waals surface area (Å²) >= 11 is 6.05. The molecular formula is C22H31ClN2O6S. The Hall–Kier alpha value is -2.13. The summed E-state index contributed by atoms with van der Waals surface area (Å²) in [5, 5.41) is 2.88. The first-order valence-corrected chi connectivity index (χ1v) is 12.8. The molecule has 1 saturated heterocycles. The summed E-state index contributed by atoms with van der Waals surface area (Å²) in [7, 11) is -3.17. The van der Waals surface area contributed by atoms with E-state index in [0.29, 0.717) is 13.0 Å². The van der Waals surface area contributed by atoms with Crippen LogP contribution in [-0.4, -0.2) is 67.8 Å². The third-order valence-corrected chi connectivity index (χ3v) is 7.27. The number of esters is 1. The zero-order valence-corrected chi connectivity index (χ0v) is 20.4. The number of sulfone groups is 1. The maximum Gasteiger partial charge on any atom is 0.329 e. The molecular weight excluding hydrogens is 456 g/mol. The van der Waals surface area contributed by atoms with Crippen LogP contribution in [0.4, 0.5) is 0 Å². The van der Waals surface area contributed by atoms with Crippen molar-refractivity contribution in [1.29, 1.82) is 0 Å². The Morgan fingerprint density at radius 3 is 2.38 bits per heavy atom. The van der Waals surface area contributed by atoms with E-state index in [1.165, 1.54) is 4.90 Å². The molecule has 0 spiro atoms. The fourth-order valence-corrected chi connectivity index (χ4v) is 5.49. The average molecular weight is 487 g/mol. The predicted molar refractivity (Wildman–Crippen MR) is 122 cm³/mol. The summed E-state index contributed by atoms with van der Waals surface area (Å²) in [6.07, 6.45) is 0.372. The molecule has 2 atom stereocenters. The molecule has 2 rings (SSSR count). The largest absolute Gasteiger partial charge is 0.454 e. The highest BCUT2D eigenvalue weighted by Gasteiger charge is 2.35. The number of benzene rings is 1. The standard InChI is InChI=1S/C22H31ClN2O6S/c1-14(2)11-25(16-9-10-32(29,30)13-16)19(26)12-31-22(28)20(15(3)4)24-21(27)17-7-5-6-8-18(17)23/h5-8,14-16,20H,9-13H2,1-4H3,(H,24,27). The molecule has 10 heteroatoms. The first kappa shape index (κ1) is 26.1. The Morgan fingerprint density at radius 1 is 1.19 bits per heavy atom. The van der Waals surface area contributed by atoms with Gasteiger partial charge < -0.3 is 15.0 Å². The molecule has 178 valence electrons. The van der Waals surface area contributed by atoms with E-state index in [1.807, 2.05) is 13.8 Å². The Balaban J connectivity index is 2.03. The second kappa shape index (κ2) is 11.1. The van der Waals surface area contributed by atoms with Gasteiger partial charge in [0.15, 0.2) is 16.4 Å². The number of hydrogen-bond donors (Lipinski definition) is 1.